The summed E-state index contributed by atoms with van der Waals surface area (Å²) >= 11 is 0. The number of Topliss-reactive ketones (excluding diaryl/α,β-unsaturated/α-hetero) is 1. The van der Waals surface area contributed by atoms with Gasteiger partial charge in [0, 0.05) is 25.7 Å². The molecule has 116 valence electrons. The molecule has 0 heterocycles. The summed E-state index contributed by atoms with van der Waals surface area (Å²) in [6.45, 7) is 3.54. The summed E-state index contributed by atoms with van der Waals surface area (Å²) in [5.41, 5.74) is 0. The summed E-state index contributed by atoms with van der Waals surface area (Å²) < 4.78 is 0. The Bertz CT molecular complexity index is 330. The number of unbranched alkanes of at least 4 members (excludes halogenated alkanes) is 1. The maximum Gasteiger partial charge on any atom is 0.326 e. The van der Waals surface area contributed by atoms with Crippen LogP contribution in [0.2, 0.25) is 0 Å². The van der Waals surface area contributed by atoms with Crippen molar-refractivity contribution < 1.29 is 24.6 Å². The number of rotatable bonds is 11. The number of carbonyl (C=O) groups is 3. The van der Waals surface area contributed by atoms with E-state index in [2.05, 4.69) is 5.32 Å². The standard InChI is InChI=1S/C14H25NO5/c1-3-10(16)7-5-6-8-13(18)15-12(14(19)20)9-11(17)4-2/h11-12,17H,3-9H2,1-2H3,(H,15,18)(H,19,20)/t11-,12+/m1/s1. The summed E-state index contributed by atoms with van der Waals surface area (Å²) in [5.74, 6) is -1.34. The monoisotopic (exact) mass is 287 g/mol. The number of aliphatic carboxylic acids is 1. The van der Waals surface area contributed by atoms with E-state index in [0.29, 0.717) is 32.1 Å². The van der Waals surface area contributed by atoms with Crippen molar-refractivity contribution in [2.75, 3.05) is 0 Å². The number of aliphatic hydroxyl groups is 1. The summed E-state index contributed by atoms with van der Waals surface area (Å²) in [6.07, 6.45) is 2.06. The maximum absolute atomic E-state index is 11.6. The van der Waals surface area contributed by atoms with Crippen LogP contribution in [0.4, 0.5) is 0 Å². The highest BCUT2D eigenvalue weighted by Crippen LogP contribution is 2.05. The van der Waals surface area contributed by atoms with Crippen LogP contribution in [0.15, 0.2) is 0 Å². The Hall–Kier alpha value is -1.43. The lowest BCUT2D eigenvalue weighted by atomic mass is 10.1. The van der Waals surface area contributed by atoms with Crippen LogP contribution in [-0.4, -0.2) is 40.0 Å². The Morgan fingerprint density at radius 2 is 1.70 bits per heavy atom. The third-order valence-electron chi connectivity index (χ3n) is 3.12. The molecule has 0 radical (unpaired) electrons. The van der Waals surface area contributed by atoms with E-state index in [1.54, 1.807) is 13.8 Å². The van der Waals surface area contributed by atoms with E-state index < -0.39 is 18.1 Å². The molecular weight excluding hydrogens is 262 g/mol. The zero-order valence-electron chi connectivity index (χ0n) is 12.2. The van der Waals surface area contributed by atoms with Crippen molar-refractivity contribution in [1.82, 2.24) is 5.32 Å². The fourth-order valence-corrected chi connectivity index (χ4v) is 1.71. The molecule has 6 heteroatoms. The van der Waals surface area contributed by atoms with E-state index in [4.69, 9.17) is 5.11 Å². The minimum Gasteiger partial charge on any atom is -0.480 e. The number of hydrogen-bond donors (Lipinski definition) is 3. The van der Waals surface area contributed by atoms with Crippen molar-refractivity contribution in [2.24, 2.45) is 0 Å². The van der Waals surface area contributed by atoms with E-state index in [9.17, 15) is 19.5 Å². The lowest BCUT2D eigenvalue weighted by Gasteiger charge is -2.17. The normalized spacial score (nSPS) is 13.6. The Kier molecular flexibility index (Phi) is 9.63. The number of carboxylic acid groups (broad SMARTS) is 1. The molecule has 3 N–H and O–H groups in total. The van der Waals surface area contributed by atoms with Gasteiger partial charge in [0.2, 0.25) is 5.91 Å². The summed E-state index contributed by atoms with van der Waals surface area (Å²) in [7, 11) is 0. The molecule has 0 saturated heterocycles. The van der Waals surface area contributed by atoms with Crippen LogP contribution in [0.5, 0.6) is 0 Å². The minimum absolute atomic E-state index is 0.00585. The van der Waals surface area contributed by atoms with Gasteiger partial charge in [-0.3, -0.25) is 9.59 Å². The second kappa shape index (κ2) is 10.4. The molecule has 1 amide bonds. The molecule has 0 aliphatic rings. The fraction of sp³-hybridized carbons (Fsp3) is 0.786. The molecule has 6 nitrogen and oxygen atoms in total. The first kappa shape index (κ1) is 18.6. The van der Waals surface area contributed by atoms with Crippen LogP contribution < -0.4 is 5.32 Å². The van der Waals surface area contributed by atoms with Gasteiger partial charge in [0.05, 0.1) is 6.10 Å². The van der Waals surface area contributed by atoms with Crippen molar-refractivity contribution in [3.63, 3.8) is 0 Å². The van der Waals surface area contributed by atoms with Gasteiger partial charge in [0.15, 0.2) is 0 Å². The zero-order chi connectivity index (χ0) is 15.5. The Morgan fingerprint density at radius 3 is 2.20 bits per heavy atom. The quantitative estimate of drug-likeness (QED) is 0.496. The number of carbonyl (C=O) groups excluding carboxylic acids is 2. The SMILES string of the molecule is CCC(=O)CCCCC(=O)N[C@@H](C[C@H](O)CC)C(=O)O. The van der Waals surface area contributed by atoms with Gasteiger partial charge in [0.25, 0.3) is 0 Å². The van der Waals surface area contributed by atoms with Gasteiger partial charge < -0.3 is 15.5 Å². The van der Waals surface area contributed by atoms with E-state index in [1.165, 1.54) is 0 Å². The molecule has 0 saturated carbocycles. The fourth-order valence-electron chi connectivity index (χ4n) is 1.71. The number of nitrogens with one attached hydrogen (secondary N) is 1. The smallest absolute Gasteiger partial charge is 0.326 e. The topological polar surface area (TPSA) is 104 Å². The molecule has 0 aliphatic heterocycles. The van der Waals surface area contributed by atoms with Gasteiger partial charge >= 0.3 is 5.97 Å². The third-order valence-corrected chi connectivity index (χ3v) is 3.12. The van der Waals surface area contributed by atoms with Gasteiger partial charge in [0.1, 0.15) is 11.8 Å². The van der Waals surface area contributed by atoms with Crippen LogP contribution in [0, 0.1) is 0 Å². The van der Waals surface area contributed by atoms with Gasteiger partial charge in [-0.25, -0.2) is 4.79 Å². The van der Waals surface area contributed by atoms with Crippen molar-refractivity contribution in [1.29, 1.82) is 0 Å². The number of hydrogen-bond acceptors (Lipinski definition) is 4. The lowest BCUT2D eigenvalue weighted by molar-refractivity contribution is -0.142. The average molecular weight is 287 g/mol. The molecule has 20 heavy (non-hydrogen) atoms. The van der Waals surface area contributed by atoms with Crippen molar-refractivity contribution in [3.8, 4) is 0 Å². The van der Waals surface area contributed by atoms with E-state index in [-0.39, 0.29) is 24.5 Å². The molecule has 0 aliphatic carbocycles. The molecule has 0 aromatic heterocycles. The predicted octanol–water partition coefficient (Wildman–Crippen LogP) is 1.26. The van der Waals surface area contributed by atoms with E-state index in [1.807, 2.05) is 0 Å². The summed E-state index contributed by atoms with van der Waals surface area (Å²) in [6, 6.07) is -1.06. The van der Waals surface area contributed by atoms with Crippen molar-refractivity contribution >= 4 is 17.7 Å². The molecule has 0 fully saturated rings. The molecule has 0 aromatic rings. The van der Waals surface area contributed by atoms with Gasteiger partial charge in [-0.05, 0) is 19.3 Å². The Balaban J connectivity index is 4.01. The lowest BCUT2D eigenvalue weighted by Crippen LogP contribution is -2.42. The van der Waals surface area contributed by atoms with Gasteiger partial charge in [-0.1, -0.05) is 13.8 Å². The summed E-state index contributed by atoms with van der Waals surface area (Å²) in [5, 5.41) is 20.8. The highest BCUT2D eigenvalue weighted by atomic mass is 16.4. The number of carboxylic acids is 1. The number of aliphatic hydroxyl groups excluding tert-OH is 1. The maximum atomic E-state index is 11.6. The summed E-state index contributed by atoms with van der Waals surface area (Å²) in [4.78, 5) is 33.6. The first-order valence-corrected chi connectivity index (χ1v) is 7.12. The molecule has 0 rings (SSSR count). The molecule has 0 unspecified atom stereocenters. The van der Waals surface area contributed by atoms with Crippen LogP contribution in [0.25, 0.3) is 0 Å². The average Bonchev–Trinajstić information content (AvgIpc) is 2.42. The minimum atomic E-state index is -1.15. The highest BCUT2D eigenvalue weighted by Gasteiger charge is 2.22. The second-order valence-electron chi connectivity index (χ2n) is 4.86. The first-order valence-electron chi connectivity index (χ1n) is 7.12. The predicted molar refractivity (Wildman–Crippen MR) is 74.2 cm³/mol. The first-order chi connectivity index (χ1) is 9.40. The third kappa shape index (κ3) is 8.63. The highest BCUT2D eigenvalue weighted by molar-refractivity contribution is 5.83. The largest absolute Gasteiger partial charge is 0.480 e. The van der Waals surface area contributed by atoms with Crippen LogP contribution >= 0.6 is 0 Å². The van der Waals surface area contributed by atoms with Gasteiger partial charge in [-0.15, -0.1) is 0 Å². The molecule has 0 spiro atoms. The second-order valence-corrected chi connectivity index (χ2v) is 4.86. The molecular formula is C14H25NO5. The van der Waals surface area contributed by atoms with E-state index >= 15 is 0 Å². The van der Waals surface area contributed by atoms with Crippen molar-refractivity contribution in [2.45, 2.75) is 70.9 Å². The molecule has 0 aromatic carbocycles. The zero-order valence-corrected chi connectivity index (χ0v) is 12.2. The number of ketones is 1. The van der Waals surface area contributed by atoms with Crippen molar-refractivity contribution in [3.05, 3.63) is 0 Å². The Morgan fingerprint density at radius 1 is 1.10 bits per heavy atom. The molecule has 2 atom stereocenters. The molecule has 0 bridgehead atoms. The van der Waals surface area contributed by atoms with Crippen LogP contribution in [0.1, 0.15) is 58.8 Å². The van der Waals surface area contributed by atoms with Crippen LogP contribution in [0.3, 0.4) is 0 Å². The van der Waals surface area contributed by atoms with Gasteiger partial charge in [-0.2, -0.15) is 0 Å². The van der Waals surface area contributed by atoms with Crippen LogP contribution in [-0.2, 0) is 14.4 Å². The van der Waals surface area contributed by atoms with E-state index in [0.717, 1.165) is 0 Å². The Labute approximate surface area is 119 Å². The number of amides is 1.